The lowest BCUT2D eigenvalue weighted by Crippen LogP contribution is -2.12. The molecule has 0 atom stereocenters. The van der Waals surface area contributed by atoms with Crippen molar-refractivity contribution in [2.45, 2.75) is 32.1 Å². The van der Waals surface area contributed by atoms with Crippen LogP contribution in [0.25, 0.3) is 0 Å². The number of ether oxygens (including phenoxy) is 1. The molecule has 0 bridgehead atoms. The molecule has 3 rings (SSSR count). The maximum absolute atomic E-state index is 12.0. The minimum absolute atomic E-state index is 0.327. The molecular weight excluding hydrogens is 266 g/mol. The van der Waals surface area contributed by atoms with Gasteiger partial charge in [-0.15, -0.1) is 0 Å². The predicted octanol–water partition coefficient (Wildman–Crippen LogP) is 2.52. The van der Waals surface area contributed by atoms with Crippen LogP contribution in [0.3, 0.4) is 0 Å². The summed E-state index contributed by atoms with van der Waals surface area (Å²) in [6.45, 7) is 2.16. The summed E-state index contributed by atoms with van der Waals surface area (Å²) in [5.74, 6) is 0.769. The standard InChI is InChI=1S/C16H17N3O2/c1-2-21-16(20)13-10-18-14(19-15(13)12-5-6-12)8-11-4-3-7-17-9-11/h3-4,7,9-10,12H,2,5-6,8H2,1H3. The smallest absolute Gasteiger partial charge is 0.341 e. The monoisotopic (exact) mass is 283 g/mol. The number of esters is 1. The largest absolute Gasteiger partial charge is 0.462 e. The number of carbonyl (C=O) groups excluding carboxylic acids is 1. The summed E-state index contributed by atoms with van der Waals surface area (Å²) in [6, 6.07) is 3.89. The van der Waals surface area contributed by atoms with Crippen LogP contribution in [0.5, 0.6) is 0 Å². The predicted molar refractivity (Wildman–Crippen MR) is 77.0 cm³/mol. The molecule has 0 unspecified atom stereocenters. The quantitative estimate of drug-likeness (QED) is 0.789. The third kappa shape index (κ3) is 3.24. The van der Waals surface area contributed by atoms with Gasteiger partial charge in [0, 0.05) is 30.9 Å². The molecule has 5 heteroatoms. The first kappa shape index (κ1) is 13.7. The van der Waals surface area contributed by atoms with Crippen LogP contribution in [0.4, 0.5) is 0 Å². The maximum Gasteiger partial charge on any atom is 0.341 e. The Morgan fingerprint density at radius 3 is 2.90 bits per heavy atom. The first-order chi connectivity index (χ1) is 10.3. The van der Waals surface area contributed by atoms with Crippen molar-refractivity contribution in [2.75, 3.05) is 6.61 Å². The van der Waals surface area contributed by atoms with E-state index in [2.05, 4.69) is 15.0 Å². The van der Waals surface area contributed by atoms with Gasteiger partial charge in [0.15, 0.2) is 0 Å². The van der Waals surface area contributed by atoms with Crippen LogP contribution in [0.15, 0.2) is 30.7 Å². The Morgan fingerprint density at radius 1 is 1.38 bits per heavy atom. The van der Waals surface area contributed by atoms with E-state index in [4.69, 9.17) is 4.74 Å². The van der Waals surface area contributed by atoms with E-state index in [1.807, 2.05) is 12.1 Å². The van der Waals surface area contributed by atoms with Crippen molar-refractivity contribution in [3.63, 3.8) is 0 Å². The lowest BCUT2D eigenvalue weighted by Gasteiger charge is -2.09. The molecule has 0 amide bonds. The maximum atomic E-state index is 12.0. The average molecular weight is 283 g/mol. The number of pyridine rings is 1. The molecule has 0 radical (unpaired) electrons. The summed E-state index contributed by atoms with van der Waals surface area (Å²) in [7, 11) is 0. The molecule has 1 fully saturated rings. The minimum atomic E-state index is -0.327. The van der Waals surface area contributed by atoms with E-state index in [1.54, 1.807) is 25.5 Å². The molecule has 0 aliphatic heterocycles. The molecule has 0 N–H and O–H groups in total. The second kappa shape index (κ2) is 5.99. The van der Waals surface area contributed by atoms with Gasteiger partial charge in [0.25, 0.3) is 0 Å². The van der Waals surface area contributed by atoms with Crippen LogP contribution in [0.1, 0.15) is 53.1 Å². The molecule has 1 saturated carbocycles. The van der Waals surface area contributed by atoms with Crippen LogP contribution in [0, 0.1) is 0 Å². The second-order valence-corrected chi connectivity index (χ2v) is 5.12. The third-order valence-electron chi connectivity index (χ3n) is 3.41. The first-order valence-corrected chi connectivity index (χ1v) is 7.19. The zero-order valence-corrected chi connectivity index (χ0v) is 12.0. The van der Waals surface area contributed by atoms with Gasteiger partial charge in [-0.2, -0.15) is 0 Å². The molecule has 0 saturated heterocycles. The molecule has 108 valence electrons. The van der Waals surface area contributed by atoms with Gasteiger partial charge in [0.1, 0.15) is 5.82 Å². The zero-order valence-electron chi connectivity index (χ0n) is 12.0. The fourth-order valence-corrected chi connectivity index (χ4v) is 2.24. The Kier molecular flexibility index (Phi) is 3.90. The highest BCUT2D eigenvalue weighted by Crippen LogP contribution is 2.40. The van der Waals surface area contributed by atoms with Crippen molar-refractivity contribution < 1.29 is 9.53 Å². The molecular formula is C16H17N3O2. The average Bonchev–Trinajstić information content (AvgIpc) is 3.33. The first-order valence-electron chi connectivity index (χ1n) is 7.19. The number of rotatable bonds is 5. The molecule has 2 heterocycles. The Morgan fingerprint density at radius 2 is 2.24 bits per heavy atom. The van der Waals surface area contributed by atoms with Crippen molar-refractivity contribution in [1.82, 2.24) is 15.0 Å². The van der Waals surface area contributed by atoms with E-state index >= 15 is 0 Å². The third-order valence-corrected chi connectivity index (χ3v) is 3.41. The topological polar surface area (TPSA) is 65.0 Å². The van der Waals surface area contributed by atoms with E-state index in [0.717, 1.165) is 29.9 Å². The number of aromatic nitrogens is 3. The van der Waals surface area contributed by atoms with Crippen LogP contribution in [-0.2, 0) is 11.2 Å². The van der Waals surface area contributed by atoms with E-state index in [9.17, 15) is 4.79 Å². The van der Waals surface area contributed by atoms with Crippen LogP contribution >= 0.6 is 0 Å². The van der Waals surface area contributed by atoms with Gasteiger partial charge in [-0.05, 0) is 31.4 Å². The highest BCUT2D eigenvalue weighted by molar-refractivity contribution is 5.90. The summed E-state index contributed by atoms with van der Waals surface area (Å²) in [5, 5.41) is 0. The van der Waals surface area contributed by atoms with Crippen LogP contribution in [-0.4, -0.2) is 27.5 Å². The summed E-state index contributed by atoms with van der Waals surface area (Å²) in [4.78, 5) is 24.9. The van der Waals surface area contributed by atoms with E-state index < -0.39 is 0 Å². The van der Waals surface area contributed by atoms with Gasteiger partial charge in [0.05, 0.1) is 17.9 Å². The summed E-state index contributed by atoms with van der Waals surface area (Å²) < 4.78 is 5.08. The fraction of sp³-hybridized carbons (Fsp3) is 0.375. The van der Waals surface area contributed by atoms with E-state index in [-0.39, 0.29) is 5.97 Å². The van der Waals surface area contributed by atoms with Crippen LogP contribution < -0.4 is 0 Å². The Bertz CT molecular complexity index is 639. The lowest BCUT2D eigenvalue weighted by atomic mass is 10.1. The van der Waals surface area contributed by atoms with Crippen molar-refractivity contribution in [1.29, 1.82) is 0 Å². The van der Waals surface area contributed by atoms with Crippen molar-refractivity contribution in [3.8, 4) is 0 Å². The summed E-state index contributed by atoms with van der Waals surface area (Å²) in [6.07, 6.45) is 7.93. The van der Waals surface area contributed by atoms with Gasteiger partial charge >= 0.3 is 5.97 Å². The van der Waals surface area contributed by atoms with Crippen molar-refractivity contribution in [3.05, 3.63) is 53.4 Å². The second-order valence-electron chi connectivity index (χ2n) is 5.12. The van der Waals surface area contributed by atoms with Crippen molar-refractivity contribution >= 4 is 5.97 Å². The highest BCUT2D eigenvalue weighted by Gasteiger charge is 2.30. The Labute approximate surface area is 123 Å². The van der Waals surface area contributed by atoms with Gasteiger partial charge in [-0.25, -0.2) is 14.8 Å². The zero-order chi connectivity index (χ0) is 14.7. The molecule has 2 aromatic heterocycles. The Hall–Kier alpha value is -2.30. The molecule has 0 aromatic carbocycles. The SMILES string of the molecule is CCOC(=O)c1cnc(Cc2cccnc2)nc1C1CC1. The van der Waals surface area contributed by atoms with Gasteiger partial charge in [-0.3, -0.25) is 4.98 Å². The number of hydrogen-bond donors (Lipinski definition) is 0. The summed E-state index contributed by atoms with van der Waals surface area (Å²) >= 11 is 0. The van der Waals surface area contributed by atoms with Crippen LogP contribution in [0.2, 0.25) is 0 Å². The molecule has 5 nitrogen and oxygen atoms in total. The number of carbonyl (C=O) groups is 1. The van der Waals surface area contributed by atoms with Gasteiger partial charge in [-0.1, -0.05) is 6.07 Å². The highest BCUT2D eigenvalue weighted by atomic mass is 16.5. The molecule has 21 heavy (non-hydrogen) atoms. The van der Waals surface area contributed by atoms with E-state index in [0.29, 0.717) is 24.5 Å². The number of nitrogens with zero attached hydrogens (tertiary/aromatic N) is 3. The van der Waals surface area contributed by atoms with E-state index in [1.165, 1.54) is 0 Å². The summed E-state index contributed by atoms with van der Waals surface area (Å²) in [5.41, 5.74) is 2.40. The molecule has 2 aromatic rings. The minimum Gasteiger partial charge on any atom is -0.462 e. The fourth-order valence-electron chi connectivity index (χ4n) is 2.24. The molecule has 0 spiro atoms. The molecule has 1 aliphatic rings. The lowest BCUT2D eigenvalue weighted by molar-refractivity contribution is 0.0524. The van der Waals surface area contributed by atoms with Gasteiger partial charge < -0.3 is 4.74 Å². The molecule has 1 aliphatic carbocycles. The van der Waals surface area contributed by atoms with Crippen molar-refractivity contribution in [2.24, 2.45) is 0 Å². The normalized spacial score (nSPS) is 14.0. The Balaban J connectivity index is 1.87. The number of hydrogen-bond acceptors (Lipinski definition) is 5. The van der Waals surface area contributed by atoms with Gasteiger partial charge in [0.2, 0.25) is 0 Å².